The van der Waals surface area contributed by atoms with Crippen LogP contribution in [0.3, 0.4) is 0 Å². The van der Waals surface area contributed by atoms with Crippen LogP contribution in [0, 0.1) is 0 Å². The molecule has 1 fully saturated rings. The smallest absolute Gasteiger partial charge is 0.245 e. The predicted octanol–water partition coefficient (Wildman–Crippen LogP) is 2.76. The van der Waals surface area contributed by atoms with Crippen molar-refractivity contribution in [2.24, 2.45) is 11.5 Å². The van der Waals surface area contributed by atoms with Gasteiger partial charge in [-0.15, -0.1) is 0 Å². The fourth-order valence-corrected chi connectivity index (χ4v) is 5.75. The minimum Gasteiger partial charge on any atom is -0.369 e. The lowest BCUT2D eigenvalue weighted by atomic mass is 9.73. The lowest BCUT2D eigenvalue weighted by Crippen LogP contribution is -2.57. The van der Waals surface area contributed by atoms with Gasteiger partial charge in [0.15, 0.2) is 0 Å². The number of carbonyl (C=O) groups excluding carboxylic acids is 3. The molecule has 5 N–H and O–H groups in total. The molecule has 0 aromatic heterocycles. The van der Waals surface area contributed by atoms with E-state index in [4.69, 9.17) is 11.5 Å². The first-order chi connectivity index (χ1) is 17.1. The molecule has 2 aromatic rings. The van der Waals surface area contributed by atoms with Gasteiger partial charge < -0.3 is 21.7 Å². The largest absolute Gasteiger partial charge is 0.369 e. The van der Waals surface area contributed by atoms with E-state index < -0.39 is 11.6 Å². The molecule has 1 heterocycles. The van der Waals surface area contributed by atoms with Gasteiger partial charge in [-0.25, -0.2) is 0 Å². The van der Waals surface area contributed by atoms with Crippen LogP contribution in [0.25, 0.3) is 0 Å². The summed E-state index contributed by atoms with van der Waals surface area (Å²) in [6, 6.07) is 17.6. The minimum atomic E-state index is -1.07. The van der Waals surface area contributed by atoms with Crippen molar-refractivity contribution < 1.29 is 14.4 Å². The molecule has 2 aliphatic rings. The van der Waals surface area contributed by atoms with Crippen molar-refractivity contribution in [2.45, 2.75) is 75.3 Å². The topological polar surface area (TPSA) is 119 Å². The number of carbonyl (C=O) groups is 3. The van der Waals surface area contributed by atoms with E-state index >= 15 is 0 Å². The summed E-state index contributed by atoms with van der Waals surface area (Å²) in [5, 5.41) is 2.92. The third kappa shape index (κ3) is 5.46. The Balaban J connectivity index is 1.44. The Morgan fingerprint density at radius 1 is 1.06 bits per heavy atom. The van der Waals surface area contributed by atoms with Crippen molar-refractivity contribution in [2.75, 3.05) is 13.1 Å². The van der Waals surface area contributed by atoms with E-state index in [2.05, 4.69) is 23.5 Å². The summed E-state index contributed by atoms with van der Waals surface area (Å²) in [6.45, 7) is 4.45. The Morgan fingerprint density at radius 3 is 2.33 bits per heavy atom. The molecule has 2 aromatic carbocycles. The highest BCUT2D eigenvalue weighted by Crippen LogP contribution is 2.51. The third-order valence-corrected chi connectivity index (χ3v) is 7.87. The van der Waals surface area contributed by atoms with Crippen molar-refractivity contribution >= 4 is 17.7 Å². The molecule has 192 valence electrons. The molecule has 0 bridgehead atoms. The standard InChI is InChI=1S/C29H38N4O3/c1-28(2,31)27(36)32-24(14-8-11-20-9-4-3-5-10-20)26(35)33-17-15-29(16-18-33)19-22(25(30)34)21-12-6-7-13-23(21)29/h3-7,9-10,12-13,22,24H,8,11,14-19,31H2,1-2H3,(H2,30,34)(H,32,36)/t22-,24-/m1/s1. The molecule has 1 saturated heterocycles. The number of hydrogen-bond donors (Lipinski definition) is 3. The number of piperidine rings is 1. The number of aryl methyl sites for hydroxylation is 1. The van der Waals surface area contributed by atoms with Crippen LogP contribution in [0.1, 0.15) is 68.6 Å². The number of fused-ring (bicyclic) bond motifs is 2. The molecule has 7 heteroatoms. The third-order valence-electron chi connectivity index (χ3n) is 7.87. The minimum absolute atomic E-state index is 0.0618. The number of primary amides is 1. The number of amides is 3. The Labute approximate surface area is 213 Å². The summed E-state index contributed by atoms with van der Waals surface area (Å²) < 4.78 is 0. The number of rotatable bonds is 8. The summed E-state index contributed by atoms with van der Waals surface area (Å²) in [5.41, 5.74) is 14.0. The zero-order valence-electron chi connectivity index (χ0n) is 21.3. The molecule has 2 atom stereocenters. The van der Waals surface area contributed by atoms with Crippen molar-refractivity contribution in [3.05, 3.63) is 71.3 Å². The van der Waals surface area contributed by atoms with Crippen molar-refractivity contribution in [1.82, 2.24) is 10.2 Å². The quantitative estimate of drug-likeness (QED) is 0.527. The number of nitrogens with two attached hydrogens (primary N) is 2. The van der Waals surface area contributed by atoms with Gasteiger partial charge >= 0.3 is 0 Å². The molecule has 0 radical (unpaired) electrons. The Kier molecular flexibility index (Phi) is 7.50. The molecule has 4 rings (SSSR count). The second kappa shape index (κ2) is 10.4. The van der Waals surface area contributed by atoms with Crippen LogP contribution in [0.15, 0.2) is 54.6 Å². The second-order valence-electron chi connectivity index (χ2n) is 11.0. The monoisotopic (exact) mass is 490 g/mol. The van der Waals surface area contributed by atoms with Crippen LogP contribution in [-0.2, 0) is 26.2 Å². The first kappa shape index (κ1) is 25.9. The number of hydrogen-bond acceptors (Lipinski definition) is 4. The van der Waals surface area contributed by atoms with Gasteiger partial charge in [-0.05, 0) is 69.1 Å². The summed E-state index contributed by atoms with van der Waals surface area (Å²) in [4.78, 5) is 40.3. The van der Waals surface area contributed by atoms with Gasteiger partial charge in [0.2, 0.25) is 17.7 Å². The zero-order valence-corrected chi connectivity index (χ0v) is 21.3. The highest BCUT2D eigenvalue weighted by molar-refractivity contribution is 5.91. The first-order valence-electron chi connectivity index (χ1n) is 12.9. The van der Waals surface area contributed by atoms with Gasteiger partial charge in [-0.3, -0.25) is 14.4 Å². The highest BCUT2D eigenvalue weighted by Gasteiger charge is 2.47. The Hall–Kier alpha value is -3.19. The molecule has 1 aliphatic heterocycles. The van der Waals surface area contributed by atoms with E-state index in [9.17, 15) is 14.4 Å². The fraction of sp³-hybridized carbons (Fsp3) is 0.483. The average Bonchev–Trinajstić information content (AvgIpc) is 3.18. The van der Waals surface area contributed by atoms with E-state index in [0.29, 0.717) is 25.9 Å². The van der Waals surface area contributed by atoms with Crippen LogP contribution in [0.4, 0.5) is 0 Å². The number of benzene rings is 2. The van der Waals surface area contributed by atoms with Crippen molar-refractivity contribution in [1.29, 1.82) is 0 Å². The van der Waals surface area contributed by atoms with E-state index in [0.717, 1.165) is 31.2 Å². The Bertz CT molecular complexity index is 1100. The lowest BCUT2D eigenvalue weighted by Gasteiger charge is -2.41. The molecule has 0 unspecified atom stereocenters. The van der Waals surface area contributed by atoms with E-state index in [-0.39, 0.29) is 29.1 Å². The summed E-state index contributed by atoms with van der Waals surface area (Å²) in [7, 11) is 0. The maximum absolute atomic E-state index is 13.6. The van der Waals surface area contributed by atoms with Crippen molar-refractivity contribution in [3.63, 3.8) is 0 Å². The van der Waals surface area contributed by atoms with Gasteiger partial charge in [-0.1, -0.05) is 54.6 Å². The van der Waals surface area contributed by atoms with Crippen molar-refractivity contribution in [3.8, 4) is 0 Å². The summed E-state index contributed by atoms with van der Waals surface area (Å²) in [6.07, 6.45) is 4.39. The number of nitrogens with zero attached hydrogens (tertiary/aromatic N) is 1. The van der Waals surface area contributed by atoms with Crippen LogP contribution in [0.5, 0.6) is 0 Å². The normalized spacial score (nSPS) is 19.5. The van der Waals surface area contributed by atoms with Crippen LogP contribution >= 0.6 is 0 Å². The Morgan fingerprint density at radius 2 is 1.69 bits per heavy atom. The summed E-state index contributed by atoms with van der Waals surface area (Å²) >= 11 is 0. The van der Waals surface area contributed by atoms with Crippen LogP contribution < -0.4 is 16.8 Å². The maximum Gasteiger partial charge on any atom is 0.245 e. The number of likely N-dealkylation sites (tertiary alicyclic amines) is 1. The fourth-order valence-electron chi connectivity index (χ4n) is 5.75. The molecule has 1 spiro atoms. The summed E-state index contributed by atoms with van der Waals surface area (Å²) in [5.74, 6) is -0.958. The molecule has 7 nitrogen and oxygen atoms in total. The van der Waals surface area contributed by atoms with E-state index in [1.165, 1.54) is 11.1 Å². The molecular formula is C29H38N4O3. The highest BCUT2D eigenvalue weighted by atomic mass is 16.2. The SMILES string of the molecule is CC(C)(N)C(=O)N[C@H](CCCc1ccccc1)C(=O)N1CCC2(CC1)C[C@@H](C(N)=O)c1ccccc12. The molecule has 1 aliphatic carbocycles. The van der Waals surface area contributed by atoms with Crippen LogP contribution in [-0.4, -0.2) is 47.3 Å². The zero-order chi connectivity index (χ0) is 25.9. The van der Waals surface area contributed by atoms with Gasteiger partial charge in [0.25, 0.3) is 0 Å². The van der Waals surface area contributed by atoms with E-state index in [1.807, 2.05) is 41.3 Å². The van der Waals surface area contributed by atoms with E-state index in [1.54, 1.807) is 13.8 Å². The second-order valence-corrected chi connectivity index (χ2v) is 11.0. The van der Waals surface area contributed by atoms with Gasteiger partial charge in [0.1, 0.15) is 6.04 Å². The average molecular weight is 491 g/mol. The maximum atomic E-state index is 13.6. The predicted molar refractivity (Wildman–Crippen MR) is 140 cm³/mol. The molecule has 36 heavy (non-hydrogen) atoms. The van der Waals surface area contributed by atoms with Gasteiger partial charge in [0, 0.05) is 18.5 Å². The molecular weight excluding hydrogens is 452 g/mol. The van der Waals surface area contributed by atoms with Gasteiger partial charge in [-0.2, -0.15) is 0 Å². The number of nitrogens with one attached hydrogen (secondary N) is 1. The molecule has 0 saturated carbocycles. The van der Waals surface area contributed by atoms with Gasteiger partial charge in [0.05, 0.1) is 11.5 Å². The molecule has 3 amide bonds. The lowest BCUT2D eigenvalue weighted by molar-refractivity contribution is -0.139. The first-order valence-corrected chi connectivity index (χ1v) is 12.9. The van der Waals surface area contributed by atoms with Crippen LogP contribution in [0.2, 0.25) is 0 Å².